The van der Waals surface area contributed by atoms with Crippen molar-refractivity contribution < 1.29 is 9.90 Å². The lowest BCUT2D eigenvalue weighted by Gasteiger charge is -2.23. The lowest BCUT2D eigenvalue weighted by molar-refractivity contribution is 0.157. The van der Waals surface area contributed by atoms with Gasteiger partial charge >= 0.3 is 6.03 Å². The van der Waals surface area contributed by atoms with Crippen LogP contribution in [0, 0.1) is 0 Å². The SMILES string of the molecule is O=C(NCc1ccc(Cn2ccccc2=O)cc1)N1CCCC1CO. The van der Waals surface area contributed by atoms with Gasteiger partial charge < -0.3 is 19.9 Å². The summed E-state index contributed by atoms with van der Waals surface area (Å²) in [6.07, 6.45) is 3.56. The first kappa shape index (κ1) is 17.2. The smallest absolute Gasteiger partial charge is 0.317 e. The standard InChI is InChI=1S/C19H23N3O3/c23-14-17-4-3-11-22(17)19(25)20-12-15-6-8-16(9-7-15)13-21-10-2-1-5-18(21)24/h1-2,5-10,17,23H,3-4,11-14H2,(H,20,25). The van der Waals surface area contributed by atoms with E-state index in [4.69, 9.17) is 0 Å². The summed E-state index contributed by atoms with van der Waals surface area (Å²) in [7, 11) is 0. The second kappa shape index (κ2) is 7.98. The number of aromatic nitrogens is 1. The molecule has 6 heteroatoms. The van der Waals surface area contributed by atoms with E-state index in [1.54, 1.807) is 27.8 Å². The van der Waals surface area contributed by atoms with Crippen LogP contribution < -0.4 is 10.9 Å². The number of rotatable bonds is 5. The molecule has 0 saturated carbocycles. The minimum absolute atomic E-state index is 0.0149. The number of pyridine rings is 1. The highest BCUT2D eigenvalue weighted by atomic mass is 16.3. The van der Waals surface area contributed by atoms with Gasteiger partial charge in [-0.2, -0.15) is 0 Å². The summed E-state index contributed by atoms with van der Waals surface area (Å²) in [4.78, 5) is 25.6. The highest BCUT2D eigenvalue weighted by Gasteiger charge is 2.27. The maximum Gasteiger partial charge on any atom is 0.317 e. The van der Waals surface area contributed by atoms with Gasteiger partial charge in [-0.3, -0.25) is 4.79 Å². The second-order valence-electron chi connectivity index (χ2n) is 6.31. The van der Waals surface area contributed by atoms with Crippen LogP contribution in [0.3, 0.4) is 0 Å². The van der Waals surface area contributed by atoms with E-state index in [9.17, 15) is 14.7 Å². The first-order valence-corrected chi connectivity index (χ1v) is 8.56. The van der Waals surface area contributed by atoms with Crippen LogP contribution in [0.15, 0.2) is 53.5 Å². The van der Waals surface area contributed by atoms with Crippen molar-refractivity contribution in [2.45, 2.75) is 32.0 Å². The van der Waals surface area contributed by atoms with Gasteiger partial charge in [0.15, 0.2) is 0 Å². The molecule has 6 nitrogen and oxygen atoms in total. The molecule has 1 unspecified atom stereocenters. The van der Waals surface area contributed by atoms with Gasteiger partial charge in [0.25, 0.3) is 5.56 Å². The molecule has 0 aliphatic carbocycles. The summed E-state index contributed by atoms with van der Waals surface area (Å²) in [6, 6.07) is 12.8. The van der Waals surface area contributed by atoms with Gasteiger partial charge in [0.2, 0.25) is 0 Å². The molecular weight excluding hydrogens is 318 g/mol. The fraction of sp³-hybridized carbons (Fsp3) is 0.368. The Kier molecular flexibility index (Phi) is 5.50. The van der Waals surface area contributed by atoms with Crippen molar-refractivity contribution in [2.75, 3.05) is 13.2 Å². The maximum atomic E-state index is 12.2. The Morgan fingerprint density at radius 2 is 1.92 bits per heavy atom. The summed E-state index contributed by atoms with van der Waals surface area (Å²) in [5, 5.41) is 12.2. The molecule has 1 aromatic heterocycles. The Morgan fingerprint density at radius 1 is 1.16 bits per heavy atom. The van der Waals surface area contributed by atoms with Crippen LogP contribution in [-0.4, -0.2) is 39.8 Å². The van der Waals surface area contributed by atoms with Gasteiger partial charge in [0, 0.05) is 25.4 Å². The molecule has 0 bridgehead atoms. The normalized spacial score (nSPS) is 16.8. The molecular formula is C19H23N3O3. The Morgan fingerprint density at radius 3 is 2.64 bits per heavy atom. The number of nitrogens with one attached hydrogen (secondary N) is 1. The van der Waals surface area contributed by atoms with Crippen molar-refractivity contribution in [1.29, 1.82) is 0 Å². The minimum atomic E-state index is -0.128. The summed E-state index contributed by atoms with van der Waals surface area (Å²) in [5.74, 6) is 0. The number of nitrogens with zero attached hydrogens (tertiary/aromatic N) is 2. The first-order chi connectivity index (χ1) is 12.2. The zero-order chi connectivity index (χ0) is 17.6. The first-order valence-electron chi connectivity index (χ1n) is 8.56. The predicted octanol–water partition coefficient (Wildman–Crippen LogP) is 1.56. The van der Waals surface area contributed by atoms with E-state index in [1.807, 2.05) is 30.3 Å². The molecule has 3 rings (SSSR count). The molecule has 1 fully saturated rings. The number of likely N-dealkylation sites (tertiary alicyclic amines) is 1. The molecule has 1 atom stereocenters. The molecule has 2 aromatic rings. The highest BCUT2D eigenvalue weighted by molar-refractivity contribution is 5.74. The van der Waals surface area contributed by atoms with E-state index < -0.39 is 0 Å². The van der Waals surface area contributed by atoms with E-state index in [0.29, 0.717) is 19.6 Å². The molecule has 2 N–H and O–H groups in total. The molecule has 0 spiro atoms. The highest BCUT2D eigenvalue weighted by Crippen LogP contribution is 2.16. The van der Waals surface area contributed by atoms with Crippen molar-refractivity contribution in [3.63, 3.8) is 0 Å². The summed E-state index contributed by atoms with van der Waals surface area (Å²) < 4.78 is 1.65. The van der Waals surface area contributed by atoms with Crippen LogP contribution in [-0.2, 0) is 13.1 Å². The number of carbonyl (C=O) groups excluding carboxylic acids is 1. The van der Waals surface area contributed by atoms with Gasteiger partial charge in [0.05, 0.1) is 19.2 Å². The second-order valence-corrected chi connectivity index (χ2v) is 6.31. The molecule has 1 saturated heterocycles. The summed E-state index contributed by atoms with van der Waals surface area (Å²) >= 11 is 0. The van der Waals surface area contributed by atoms with Crippen LogP contribution in [0.1, 0.15) is 24.0 Å². The van der Waals surface area contributed by atoms with Crippen molar-refractivity contribution in [1.82, 2.24) is 14.8 Å². The molecule has 25 heavy (non-hydrogen) atoms. The van der Waals surface area contributed by atoms with E-state index in [1.165, 1.54) is 0 Å². The van der Waals surface area contributed by atoms with Gasteiger partial charge in [-0.25, -0.2) is 4.79 Å². The Bertz CT molecular complexity index is 770. The number of amides is 2. The van der Waals surface area contributed by atoms with E-state index >= 15 is 0 Å². The van der Waals surface area contributed by atoms with Gasteiger partial charge in [-0.1, -0.05) is 30.3 Å². The monoisotopic (exact) mass is 341 g/mol. The Balaban J connectivity index is 1.55. The number of urea groups is 1. The molecule has 132 valence electrons. The molecule has 2 heterocycles. The molecule has 0 radical (unpaired) electrons. The van der Waals surface area contributed by atoms with Crippen molar-refractivity contribution in [3.8, 4) is 0 Å². The van der Waals surface area contributed by atoms with Crippen LogP contribution in [0.25, 0.3) is 0 Å². The average molecular weight is 341 g/mol. The van der Waals surface area contributed by atoms with Crippen LogP contribution >= 0.6 is 0 Å². The quantitative estimate of drug-likeness (QED) is 0.867. The molecule has 1 aromatic carbocycles. The lowest BCUT2D eigenvalue weighted by Crippen LogP contribution is -2.43. The predicted molar refractivity (Wildman–Crippen MR) is 95.3 cm³/mol. The number of benzene rings is 1. The van der Waals surface area contributed by atoms with Gasteiger partial charge in [-0.05, 0) is 30.0 Å². The summed E-state index contributed by atoms with van der Waals surface area (Å²) in [5.41, 5.74) is 2.00. The number of aliphatic hydroxyl groups is 1. The number of carbonyl (C=O) groups is 1. The van der Waals surface area contributed by atoms with Gasteiger partial charge in [0.1, 0.15) is 0 Å². The Labute approximate surface area is 146 Å². The number of hydrogen-bond acceptors (Lipinski definition) is 3. The third-order valence-corrected chi connectivity index (χ3v) is 4.57. The fourth-order valence-electron chi connectivity index (χ4n) is 3.12. The van der Waals surface area contributed by atoms with Crippen molar-refractivity contribution >= 4 is 6.03 Å². The van der Waals surface area contributed by atoms with Crippen LogP contribution in [0.4, 0.5) is 4.79 Å². The molecule has 1 aliphatic rings. The van der Waals surface area contributed by atoms with E-state index in [-0.39, 0.29) is 24.2 Å². The van der Waals surface area contributed by atoms with E-state index in [0.717, 1.165) is 24.0 Å². The number of hydrogen-bond donors (Lipinski definition) is 2. The van der Waals surface area contributed by atoms with Crippen LogP contribution in [0.5, 0.6) is 0 Å². The molecule has 2 amide bonds. The summed E-state index contributed by atoms with van der Waals surface area (Å²) in [6.45, 7) is 1.68. The largest absolute Gasteiger partial charge is 0.394 e. The zero-order valence-electron chi connectivity index (χ0n) is 14.1. The zero-order valence-corrected chi connectivity index (χ0v) is 14.1. The average Bonchev–Trinajstić information content (AvgIpc) is 3.12. The maximum absolute atomic E-state index is 12.2. The molecule has 1 aliphatic heterocycles. The number of aliphatic hydroxyl groups excluding tert-OH is 1. The van der Waals surface area contributed by atoms with Crippen molar-refractivity contribution in [2.24, 2.45) is 0 Å². The Hall–Kier alpha value is -2.60. The third kappa shape index (κ3) is 4.28. The lowest BCUT2D eigenvalue weighted by atomic mass is 10.1. The topological polar surface area (TPSA) is 74.6 Å². The van der Waals surface area contributed by atoms with Crippen molar-refractivity contribution in [3.05, 3.63) is 70.1 Å². The van der Waals surface area contributed by atoms with Crippen LogP contribution in [0.2, 0.25) is 0 Å². The van der Waals surface area contributed by atoms with Gasteiger partial charge in [-0.15, -0.1) is 0 Å². The van der Waals surface area contributed by atoms with E-state index in [2.05, 4.69) is 5.32 Å². The minimum Gasteiger partial charge on any atom is -0.394 e. The third-order valence-electron chi connectivity index (χ3n) is 4.57. The fourth-order valence-corrected chi connectivity index (χ4v) is 3.12.